The van der Waals surface area contributed by atoms with Gasteiger partial charge in [0.1, 0.15) is 0 Å². The van der Waals surface area contributed by atoms with Crippen LogP contribution in [0.3, 0.4) is 0 Å². The van der Waals surface area contributed by atoms with E-state index >= 15 is 0 Å². The molecule has 1 amide bonds. The molecular formula is C8H19N3O2. The van der Waals surface area contributed by atoms with Crippen LogP contribution in [0.25, 0.3) is 0 Å². The Morgan fingerprint density at radius 2 is 2.23 bits per heavy atom. The Morgan fingerprint density at radius 3 is 2.62 bits per heavy atom. The molecule has 5 nitrogen and oxygen atoms in total. The summed E-state index contributed by atoms with van der Waals surface area (Å²) in [6, 6.07) is -0.280. The van der Waals surface area contributed by atoms with Gasteiger partial charge in [0, 0.05) is 6.54 Å². The lowest BCUT2D eigenvalue weighted by molar-refractivity contribution is -0.126. The molecule has 0 aliphatic rings. The zero-order valence-electron chi connectivity index (χ0n) is 8.29. The van der Waals surface area contributed by atoms with Crippen LogP contribution in [0.2, 0.25) is 0 Å². The predicted molar refractivity (Wildman–Crippen MR) is 50.7 cm³/mol. The van der Waals surface area contributed by atoms with Gasteiger partial charge in [0.2, 0.25) is 0 Å². The molecule has 0 radical (unpaired) electrons. The van der Waals surface area contributed by atoms with Crippen molar-refractivity contribution in [3.63, 3.8) is 0 Å². The monoisotopic (exact) mass is 189 g/mol. The molecule has 0 aliphatic carbocycles. The average molecular weight is 189 g/mol. The van der Waals surface area contributed by atoms with E-state index in [0.717, 1.165) is 13.0 Å². The summed E-state index contributed by atoms with van der Waals surface area (Å²) in [5, 5.41) is 8.76. The minimum atomic E-state index is -0.280. The lowest BCUT2D eigenvalue weighted by Crippen LogP contribution is -2.48. The molecule has 0 aromatic rings. The first-order valence-corrected chi connectivity index (χ1v) is 4.52. The summed E-state index contributed by atoms with van der Waals surface area (Å²) in [5.41, 5.74) is 2.10. The predicted octanol–water partition coefficient (Wildman–Crippen LogP) is -0.931. The number of rotatable bonds is 6. The highest BCUT2D eigenvalue weighted by Gasteiger charge is 2.18. The van der Waals surface area contributed by atoms with E-state index in [2.05, 4.69) is 5.43 Å². The van der Waals surface area contributed by atoms with E-state index in [9.17, 15) is 4.79 Å². The molecule has 78 valence electrons. The van der Waals surface area contributed by atoms with Gasteiger partial charge in [-0.05, 0) is 19.9 Å². The highest BCUT2D eigenvalue weighted by Crippen LogP contribution is 1.99. The van der Waals surface area contributed by atoms with Gasteiger partial charge in [-0.25, -0.2) is 5.84 Å². The quantitative estimate of drug-likeness (QED) is 0.286. The molecule has 0 fully saturated rings. The largest absolute Gasteiger partial charge is 0.395 e. The first-order valence-electron chi connectivity index (χ1n) is 4.52. The Bertz CT molecular complexity index is 146. The zero-order chi connectivity index (χ0) is 10.3. The number of nitrogens with one attached hydrogen (secondary N) is 1. The number of carbonyl (C=O) groups is 1. The van der Waals surface area contributed by atoms with Crippen molar-refractivity contribution < 1.29 is 9.90 Å². The zero-order valence-corrected chi connectivity index (χ0v) is 8.29. The molecule has 0 rings (SSSR count). The molecule has 0 saturated carbocycles. The van der Waals surface area contributed by atoms with Gasteiger partial charge in [0.25, 0.3) is 5.91 Å². The van der Waals surface area contributed by atoms with E-state index in [1.807, 2.05) is 11.8 Å². The SMILES string of the molecule is CCCN(CCO)C(C)C(=O)NN. The maximum Gasteiger partial charge on any atom is 0.250 e. The number of aliphatic hydroxyl groups is 1. The third kappa shape index (κ3) is 4.21. The molecule has 0 heterocycles. The van der Waals surface area contributed by atoms with Crippen LogP contribution in [0, 0.1) is 0 Å². The first kappa shape index (κ1) is 12.3. The van der Waals surface area contributed by atoms with Crippen LogP contribution >= 0.6 is 0 Å². The summed E-state index contributed by atoms with van der Waals surface area (Å²) in [7, 11) is 0. The summed E-state index contributed by atoms with van der Waals surface area (Å²) >= 11 is 0. The van der Waals surface area contributed by atoms with E-state index in [1.165, 1.54) is 0 Å². The van der Waals surface area contributed by atoms with Crippen molar-refractivity contribution in [1.82, 2.24) is 10.3 Å². The van der Waals surface area contributed by atoms with E-state index in [0.29, 0.717) is 6.54 Å². The number of amides is 1. The lowest BCUT2D eigenvalue weighted by atomic mass is 10.2. The maximum absolute atomic E-state index is 11.1. The first-order chi connectivity index (χ1) is 6.17. The van der Waals surface area contributed by atoms with Gasteiger partial charge in [0.15, 0.2) is 0 Å². The van der Waals surface area contributed by atoms with Crippen molar-refractivity contribution in [2.45, 2.75) is 26.3 Å². The second-order valence-electron chi connectivity index (χ2n) is 2.94. The van der Waals surface area contributed by atoms with Crippen LogP contribution in [-0.4, -0.2) is 41.7 Å². The summed E-state index contributed by atoms with van der Waals surface area (Å²) in [4.78, 5) is 13.0. The smallest absolute Gasteiger partial charge is 0.250 e. The molecule has 0 saturated heterocycles. The minimum absolute atomic E-state index is 0.0577. The van der Waals surface area contributed by atoms with Crippen molar-refractivity contribution in [3.05, 3.63) is 0 Å². The molecule has 0 aromatic carbocycles. The molecule has 0 bridgehead atoms. The fraction of sp³-hybridized carbons (Fsp3) is 0.875. The van der Waals surface area contributed by atoms with Crippen LogP contribution in [0.15, 0.2) is 0 Å². The van der Waals surface area contributed by atoms with E-state index < -0.39 is 0 Å². The van der Waals surface area contributed by atoms with Crippen molar-refractivity contribution in [2.75, 3.05) is 19.7 Å². The molecule has 5 heteroatoms. The Kier molecular flexibility index (Phi) is 6.48. The van der Waals surface area contributed by atoms with Crippen LogP contribution in [0.5, 0.6) is 0 Å². The van der Waals surface area contributed by atoms with Crippen LogP contribution in [0.1, 0.15) is 20.3 Å². The summed E-state index contributed by atoms with van der Waals surface area (Å²) < 4.78 is 0. The van der Waals surface area contributed by atoms with Crippen LogP contribution in [0.4, 0.5) is 0 Å². The molecule has 1 unspecified atom stereocenters. The lowest BCUT2D eigenvalue weighted by Gasteiger charge is -2.26. The normalized spacial score (nSPS) is 13.0. The topological polar surface area (TPSA) is 78.6 Å². The Hall–Kier alpha value is -0.650. The molecule has 0 spiro atoms. The van der Waals surface area contributed by atoms with Gasteiger partial charge < -0.3 is 5.11 Å². The molecule has 0 aromatic heterocycles. The number of hydrogen-bond acceptors (Lipinski definition) is 4. The van der Waals surface area contributed by atoms with E-state index in [1.54, 1.807) is 6.92 Å². The molecule has 1 atom stereocenters. The van der Waals surface area contributed by atoms with Crippen molar-refractivity contribution in [1.29, 1.82) is 0 Å². The molecule has 0 aliphatic heterocycles. The number of hydrogen-bond donors (Lipinski definition) is 3. The van der Waals surface area contributed by atoms with Gasteiger partial charge in [-0.15, -0.1) is 0 Å². The third-order valence-corrected chi connectivity index (χ3v) is 1.97. The van der Waals surface area contributed by atoms with Gasteiger partial charge in [-0.1, -0.05) is 6.92 Å². The number of nitrogens with zero attached hydrogens (tertiary/aromatic N) is 1. The van der Waals surface area contributed by atoms with Crippen LogP contribution < -0.4 is 11.3 Å². The number of hydrazine groups is 1. The number of carbonyl (C=O) groups excluding carboxylic acids is 1. The van der Waals surface area contributed by atoms with Crippen molar-refractivity contribution >= 4 is 5.91 Å². The third-order valence-electron chi connectivity index (χ3n) is 1.97. The van der Waals surface area contributed by atoms with Crippen molar-refractivity contribution in [2.24, 2.45) is 5.84 Å². The van der Waals surface area contributed by atoms with Gasteiger partial charge in [0.05, 0.1) is 12.6 Å². The average Bonchev–Trinajstić information content (AvgIpc) is 2.15. The van der Waals surface area contributed by atoms with Gasteiger partial charge in [-0.3, -0.25) is 15.1 Å². The van der Waals surface area contributed by atoms with Gasteiger partial charge >= 0.3 is 0 Å². The highest BCUT2D eigenvalue weighted by molar-refractivity contribution is 5.80. The minimum Gasteiger partial charge on any atom is -0.395 e. The molecule has 13 heavy (non-hydrogen) atoms. The van der Waals surface area contributed by atoms with Crippen molar-refractivity contribution in [3.8, 4) is 0 Å². The second-order valence-corrected chi connectivity index (χ2v) is 2.94. The summed E-state index contributed by atoms with van der Waals surface area (Å²) in [6.07, 6.45) is 0.947. The molecule has 4 N–H and O–H groups in total. The standard InChI is InChI=1S/C8H19N3O2/c1-3-4-11(5-6-12)7(2)8(13)10-9/h7,12H,3-6,9H2,1-2H3,(H,10,13). The summed E-state index contributed by atoms with van der Waals surface area (Å²) in [6.45, 7) is 5.14. The number of nitrogens with two attached hydrogens (primary N) is 1. The maximum atomic E-state index is 11.1. The fourth-order valence-corrected chi connectivity index (χ4v) is 1.20. The molecular weight excluding hydrogens is 170 g/mol. The van der Waals surface area contributed by atoms with Crippen LogP contribution in [-0.2, 0) is 4.79 Å². The Morgan fingerprint density at radius 1 is 1.62 bits per heavy atom. The highest BCUT2D eigenvalue weighted by atomic mass is 16.3. The van der Waals surface area contributed by atoms with E-state index in [4.69, 9.17) is 10.9 Å². The Balaban J connectivity index is 4.08. The second kappa shape index (κ2) is 6.82. The van der Waals surface area contributed by atoms with Gasteiger partial charge in [-0.2, -0.15) is 0 Å². The Labute approximate surface area is 78.9 Å². The fourth-order valence-electron chi connectivity index (χ4n) is 1.20. The van der Waals surface area contributed by atoms with E-state index in [-0.39, 0.29) is 18.6 Å². The summed E-state index contributed by atoms with van der Waals surface area (Å²) in [5.74, 6) is 4.79. The number of aliphatic hydroxyl groups excluding tert-OH is 1.